The van der Waals surface area contributed by atoms with Gasteiger partial charge in [-0.3, -0.25) is 14.9 Å². The average molecular weight is 459 g/mol. The van der Waals surface area contributed by atoms with Gasteiger partial charge in [0.1, 0.15) is 0 Å². The van der Waals surface area contributed by atoms with E-state index in [-0.39, 0.29) is 17.3 Å². The van der Waals surface area contributed by atoms with Crippen LogP contribution in [0.5, 0.6) is 0 Å². The molecule has 0 radical (unpaired) electrons. The lowest BCUT2D eigenvalue weighted by molar-refractivity contribution is -0.384. The Hall–Kier alpha value is -3.24. The van der Waals surface area contributed by atoms with E-state index in [2.05, 4.69) is 20.7 Å². The molecule has 0 aliphatic heterocycles. The van der Waals surface area contributed by atoms with Gasteiger partial charge in [0.25, 0.3) is 11.6 Å². The molecule has 0 aliphatic rings. The topological polar surface area (TPSA) is 115 Å². The lowest BCUT2D eigenvalue weighted by Gasteiger charge is -2.07. The minimum Gasteiger partial charge on any atom is -0.302 e. The fraction of sp³-hybridized carbons (Fsp3) is 0.200. The Morgan fingerprint density at radius 2 is 2.00 bits per heavy atom. The van der Waals surface area contributed by atoms with Gasteiger partial charge >= 0.3 is 0 Å². The minimum absolute atomic E-state index is 0.0377. The van der Waals surface area contributed by atoms with Gasteiger partial charge in [0.05, 0.1) is 16.4 Å². The van der Waals surface area contributed by atoms with E-state index in [0.717, 1.165) is 5.56 Å². The van der Waals surface area contributed by atoms with E-state index in [1.807, 2.05) is 23.6 Å². The van der Waals surface area contributed by atoms with Crippen LogP contribution in [0.2, 0.25) is 5.02 Å². The quantitative estimate of drug-likeness (QED) is 0.234. The van der Waals surface area contributed by atoms with E-state index in [1.54, 1.807) is 31.2 Å². The maximum absolute atomic E-state index is 12.2. The van der Waals surface area contributed by atoms with Gasteiger partial charge < -0.3 is 4.57 Å². The van der Waals surface area contributed by atoms with E-state index in [9.17, 15) is 14.9 Å². The number of nitrogens with one attached hydrogen (secondary N) is 1. The Labute approximate surface area is 187 Å². The number of rotatable bonds is 8. The van der Waals surface area contributed by atoms with Crippen molar-refractivity contribution in [1.29, 1.82) is 0 Å². The van der Waals surface area contributed by atoms with Gasteiger partial charge in [-0.2, -0.15) is 5.10 Å². The van der Waals surface area contributed by atoms with Crippen molar-refractivity contribution >= 4 is 40.7 Å². The zero-order chi connectivity index (χ0) is 22.4. The van der Waals surface area contributed by atoms with Gasteiger partial charge in [-0.15, -0.1) is 10.2 Å². The zero-order valence-corrected chi connectivity index (χ0v) is 18.4. The first-order valence-electron chi connectivity index (χ1n) is 9.29. The van der Waals surface area contributed by atoms with Gasteiger partial charge in [0, 0.05) is 34.8 Å². The minimum atomic E-state index is -0.478. The van der Waals surface area contributed by atoms with Crippen molar-refractivity contribution in [2.24, 2.45) is 5.10 Å². The molecule has 2 aromatic carbocycles. The van der Waals surface area contributed by atoms with Crippen LogP contribution in [0.4, 0.5) is 5.69 Å². The summed E-state index contributed by atoms with van der Waals surface area (Å²) in [5, 5.41) is 24.6. The second-order valence-electron chi connectivity index (χ2n) is 6.39. The van der Waals surface area contributed by atoms with Gasteiger partial charge in [-0.05, 0) is 38.1 Å². The molecule has 1 N–H and O–H groups in total. The van der Waals surface area contributed by atoms with Crippen molar-refractivity contribution in [2.45, 2.75) is 25.5 Å². The molecule has 0 atom stereocenters. The van der Waals surface area contributed by atoms with Crippen molar-refractivity contribution in [3.63, 3.8) is 0 Å². The molecule has 0 saturated carbocycles. The molecule has 1 heterocycles. The molecule has 0 aliphatic carbocycles. The lowest BCUT2D eigenvalue weighted by Crippen LogP contribution is -2.21. The molecule has 160 valence electrons. The van der Waals surface area contributed by atoms with Crippen LogP contribution in [0.15, 0.2) is 58.8 Å². The van der Waals surface area contributed by atoms with Crippen LogP contribution in [-0.2, 0) is 11.3 Å². The summed E-state index contributed by atoms with van der Waals surface area (Å²) in [5.41, 5.74) is 4.33. The number of thioether (sulfide) groups is 1. The van der Waals surface area contributed by atoms with Crippen LogP contribution in [0.3, 0.4) is 0 Å². The molecule has 1 aromatic heterocycles. The fourth-order valence-electron chi connectivity index (χ4n) is 2.71. The van der Waals surface area contributed by atoms with Crippen LogP contribution in [0.25, 0.3) is 11.4 Å². The van der Waals surface area contributed by atoms with Crippen molar-refractivity contribution < 1.29 is 9.72 Å². The number of hydrogen-bond acceptors (Lipinski definition) is 7. The Balaban J connectivity index is 1.63. The average Bonchev–Trinajstić information content (AvgIpc) is 3.19. The third kappa shape index (κ3) is 5.68. The van der Waals surface area contributed by atoms with Gasteiger partial charge in [-0.25, -0.2) is 5.43 Å². The first-order valence-corrected chi connectivity index (χ1v) is 10.6. The maximum Gasteiger partial charge on any atom is 0.270 e. The van der Waals surface area contributed by atoms with Crippen molar-refractivity contribution in [2.75, 3.05) is 5.75 Å². The summed E-state index contributed by atoms with van der Waals surface area (Å²) in [6.07, 6.45) is 0. The van der Waals surface area contributed by atoms with Crippen molar-refractivity contribution in [3.8, 4) is 11.4 Å². The van der Waals surface area contributed by atoms with Crippen LogP contribution >= 0.6 is 23.4 Å². The summed E-state index contributed by atoms with van der Waals surface area (Å²) in [6, 6.07) is 13.4. The molecule has 9 nitrogen and oxygen atoms in total. The molecule has 1 amide bonds. The van der Waals surface area contributed by atoms with Crippen LogP contribution in [0.1, 0.15) is 19.4 Å². The number of aromatic nitrogens is 3. The summed E-state index contributed by atoms with van der Waals surface area (Å²) in [7, 11) is 0. The number of hydrazone groups is 1. The zero-order valence-electron chi connectivity index (χ0n) is 16.8. The number of benzene rings is 2. The number of carbonyl (C=O) groups excluding carboxylic acids is 1. The molecule has 0 spiro atoms. The number of nitrogens with zero attached hydrogens (tertiary/aromatic N) is 5. The Morgan fingerprint density at radius 1 is 1.26 bits per heavy atom. The third-order valence-corrected chi connectivity index (χ3v) is 5.51. The van der Waals surface area contributed by atoms with Crippen molar-refractivity contribution in [3.05, 3.63) is 69.2 Å². The normalized spacial score (nSPS) is 11.4. The molecule has 0 bridgehead atoms. The number of non-ortho nitro benzene ring substituents is 1. The second-order valence-corrected chi connectivity index (χ2v) is 7.76. The van der Waals surface area contributed by atoms with E-state index < -0.39 is 4.92 Å². The maximum atomic E-state index is 12.2. The number of carbonyl (C=O) groups is 1. The monoisotopic (exact) mass is 458 g/mol. The van der Waals surface area contributed by atoms with Gasteiger partial charge in [0.2, 0.25) is 0 Å². The van der Waals surface area contributed by atoms with Crippen LogP contribution in [0, 0.1) is 10.1 Å². The highest BCUT2D eigenvalue weighted by Crippen LogP contribution is 2.25. The number of nitro groups is 1. The molecule has 0 saturated heterocycles. The summed E-state index contributed by atoms with van der Waals surface area (Å²) < 4.78 is 1.92. The van der Waals surface area contributed by atoms with Crippen molar-refractivity contribution in [1.82, 2.24) is 20.2 Å². The standard InChI is InChI=1S/C20H19ClN6O3S/c1-3-26-19(14-7-9-16(21)10-8-14)24-25-20(26)31-12-18(28)23-22-13(2)15-5-4-6-17(11-15)27(29)30/h4-11H,3,12H2,1-2H3,(H,23,28)/b22-13+. The van der Waals surface area contributed by atoms with E-state index in [1.165, 1.54) is 23.9 Å². The Kier molecular flexibility index (Phi) is 7.37. The number of amides is 1. The number of hydrogen-bond donors (Lipinski definition) is 1. The van der Waals surface area contributed by atoms with E-state index in [4.69, 9.17) is 11.6 Å². The second kappa shape index (κ2) is 10.2. The first kappa shape index (κ1) is 22.4. The SMILES string of the molecule is CCn1c(SCC(=O)N/N=C(\C)c2cccc([N+](=O)[O-])c2)nnc1-c1ccc(Cl)cc1. The van der Waals surface area contributed by atoms with Gasteiger partial charge in [-0.1, -0.05) is 35.5 Å². The molecule has 3 rings (SSSR count). The third-order valence-electron chi connectivity index (χ3n) is 4.29. The van der Waals surface area contributed by atoms with E-state index in [0.29, 0.717) is 33.8 Å². The summed E-state index contributed by atoms with van der Waals surface area (Å²) in [6.45, 7) is 4.27. The number of halogens is 1. The molecule has 11 heteroatoms. The Bertz CT molecular complexity index is 1130. The number of nitro benzene ring substituents is 1. The molecular formula is C20H19ClN6O3S. The largest absolute Gasteiger partial charge is 0.302 e. The molecule has 0 unspecified atom stereocenters. The molecule has 31 heavy (non-hydrogen) atoms. The predicted molar refractivity (Wildman–Crippen MR) is 120 cm³/mol. The summed E-state index contributed by atoms with van der Waals surface area (Å²) in [5.74, 6) is 0.458. The van der Waals surface area contributed by atoms with Crippen LogP contribution < -0.4 is 5.43 Å². The lowest BCUT2D eigenvalue weighted by atomic mass is 10.1. The molecule has 0 fully saturated rings. The highest BCUT2D eigenvalue weighted by molar-refractivity contribution is 7.99. The highest BCUT2D eigenvalue weighted by Gasteiger charge is 2.15. The highest BCUT2D eigenvalue weighted by atomic mass is 35.5. The predicted octanol–water partition coefficient (Wildman–Crippen LogP) is 4.16. The summed E-state index contributed by atoms with van der Waals surface area (Å²) in [4.78, 5) is 22.6. The smallest absolute Gasteiger partial charge is 0.270 e. The molecule has 3 aromatic rings. The fourth-order valence-corrected chi connectivity index (χ4v) is 3.63. The molecular weight excluding hydrogens is 440 g/mol. The van der Waals surface area contributed by atoms with Crippen LogP contribution in [-0.4, -0.2) is 37.1 Å². The first-order chi connectivity index (χ1) is 14.9. The summed E-state index contributed by atoms with van der Waals surface area (Å²) >= 11 is 7.19. The Morgan fingerprint density at radius 3 is 2.68 bits per heavy atom. The van der Waals surface area contributed by atoms with E-state index >= 15 is 0 Å². The van der Waals surface area contributed by atoms with Gasteiger partial charge in [0.15, 0.2) is 11.0 Å².